The molecule has 1 unspecified atom stereocenters. The first-order valence-electron chi connectivity index (χ1n) is 6.14. The summed E-state index contributed by atoms with van der Waals surface area (Å²) in [6, 6.07) is 0.224. The van der Waals surface area contributed by atoms with Crippen LogP contribution in [0.1, 0.15) is 42.5 Å². The van der Waals surface area contributed by atoms with Crippen LogP contribution in [0, 0.1) is 11.3 Å². The van der Waals surface area contributed by atoms with Crippen LogP contribution < -0.4 is 5.32 Å². The van der Waals surface area contributed by atoms with E-state index in [-0.39, 0.29) is 18.8 Å². The molecule has 0 aromatic heterocycles. The fraction of sp³-hybridized carbons (Fsp3) is 0.923. The van der Waals surface area contributed by atoms with Crippen molar-refractivity contribution in [1.29, 1.82) is 0 Å². The third kappa shape index (κ3) is 4.97. The average molecular weight is 230 g/mol. The van der Waals surface area contributed by atoms with Crippen molar-refractivity contribution >= 4 is 5.91 Å². The lowest BCUT2D eigenvalue weighted by atomic mass is 9.78. The molecule has 98 valence electrons. The van der Waals surface area contributed by atoms with Crippen molar-refractivity contribution in [2.75, 3.05) is 20.6 Å². The van der Waals surface area contributed by atoms with Gasteiger partial charge in [0.25, 0.3) is 0 Å². The number of hydrogen-bond acceptors (Lipinski definition) is 2. The maximum Gasteiger partial charge on any atom is 0.219 e. The fourth-order valence-electron chi connectivity index (χ4n) is 2.45. The van der Waals surface area contributed by atoms with Gasteiger partial charge in [0.15, 0.2) is 0 Å². The molecule has 0 aliphatic rings. The first-order chi connectivity index (χ1) is 7.20. The first-order valence-corrected chi connectivity index (χ1v) is 6.14. The average Bonchev–Trinajstić information content (AvgIpc) is 2.10. The smallest absolute Gasteiger partial charge is 0.219 e. The molecule has 3 nitrogen and oxygen atoms in total. The number of nitrogens with zero attached hydrogens (tertiary/aromatic N) is 1. The molecule has 3 heteroatoms. The van der Waals surface area contributed by atoms with Crippen molar-refractivity contribution in [3.05, 3.63) is 0 Å². The molecule has 0 saturated heterocycles. The molecule has 0 heterocycles. The zero-order chi connectivity index (χ0) is 12.9. The number of hydrogen-bond donors (Lipinski definition) is 1. The Balaban J connectivity index is 0. The molecule has 1 amide bonds. The fourth-order valence-corrected chi connectivity index (χ4v) is 2.45. The van der Waals surface area contributed by atoms with Crippen molar-refractivity contribution < 1.29 is 6.22 Å². The third-order valence-electron chi connectivity index (χ3n) is 2.87. The molecule has 0 aliphatic carbocycles. The summed E-state index contributed by atoms with van der Waals surface area (Å²) in [5, 5.41) is 3.15. The van der Waals surface area contributed by atoms with Gasteiger partial charge in [0.2, 0.25) is 5.91 Å². The van der Waals surface area contributed by atoms with Gasteiger partial charge in [-0.1, -0.05) is 34.6 Å². The van der Waals surface area contributed by atoms with Crippen LogP contribution in [0.25, 0.3) is 0 Å². The Morgan fingerprint density at radius 1 is 1.38 bits per heavy atom. The van der Waals surface area contributed by atoms with E-state index in [4.69, 9.17) is 0 Å². The highest BCUT2D eigenvalue weighted by molar-refractivity contribution is 5.75. The van der Waals surface area contributed by atoms with Crippen LogP contribution in [0.3, 0.4) is 0 Å². The van der Waals surface area contributed by atoms with Gasteiger partial charge in [0.1, 0.15) is 0 Å². The molecule has 0 aromatic carbocycles. The predicted molar refractivity (Wildman–Crippen MR) is 71.5 cm³/mol. The van der Waals surface area contributed by atoms with E-state index in [0.717, 1.165) is 6.54 Å². The number of carbonyl (C=O) groups is 1. The van der Waals surface area contributed by atoms with Crippen LogP contribution in [0.15, 0.2) is 0 Å². The standard InChI is InChI=1S/C13H28N2O.H2/c1-8-11(16)14-12(10(2)3)13(4,5)9-15(6)7;/h10,12H,8-9H2,1-7H3,(H,14,16);1H. The summed E-state index contributed by atoms with van der Waals surface area (Å²) >= 11 is 0. The van der Waals surface area contributed by atoms with E-state index in [0.29, 0.717) is 12.3 Å². The number of amides is 1. The minimum Gasteiger partial charge on any atom is -0.353 e. The highest BCUT2D eigenvalue weighted by atomic mass is 16.1. The van der Waals surface area contributed by atoms with Gasteiger partial charge in [0, 0.05) is 20.4 Å². The van der Waals surface area contributed by atoms with Gasteiger partial charge in [-0.15, -0.1) is 0 Å². The molecule has 0 aromatic rings. The van der Waals surface area contributed by atoms with E-state index in [1.165, 1.54) is 0 Å². The first kappa shape index (κ1) is 15.4. The zero-order valence-electron chi connectivity index (χ0n) is 11.9. The lowest BCUT2D eigenvalue weighted by Gasteiger charge is -2.39. The van der Waals surface area contributed by atoms with Crippen LogP contribution in [-0.2, 0) is 4.79 Å². The lowest BCUT2D eigenvalue weighted by molar-refractivity contribution is -0.122. The maximum absolute atomic E-state index is 11.5. The van der Waals surface area contributed by atoms with E-state index in [9.17, 15) is 4.79 Å². The molecule has 0 saturated carbocycles. The Kier molecular flexibility index (Phi) is 6.01. The molecule has 0 spiro atoms. The normalized spacial score (nSPS) is 14.3. The molecule has 16 heavy (non-hydrogen) atoms. The van der Waals surface area contributed by atoms with Gasteiger partial charge in [0.05, 0.1) is 0 Å². The third-order valence-corrected chi connectivity index (χ3v) is 2.87. The maximum atomic E-state index is 11.5. The Morgan fingerprint density at radius 2 is 1.88 bits per heavy atom. The number of carbonyl (C=O) groups excluding carboxylic acids is 1. The van der Waals surface area contributed by atoms with Crippen molar-refractivity contribution in [1.82, 2.24) is 10.2 Å². The molecule has 0 fully saturated rings. The zero-order valence-corrected chi connectivity index (χ0v) is 11.9. The molecule has 0 bridgehead atoms. The Bertz CT molecular complexity index is 227. The minimum atomic E-state index is 0. The SMILES string of the molecule is CCC(=O)NC(C(C)C)C(C)(C)CN(C)C.[HH]. The Hall–Kier alpha value is -0.570. The van der Waals surface area contributed by atoms with Crippen molar-refractivity contribution in [2.24, 2.45) is 11.3 Å². The van der Waals surface area contributed by atoms with Crippen LogP contribution in [0.2, 0.25) is 0 Å². The summed E-state index contributed by atoms with van der Waals surface area (Å²) in [6.07, 6.45) is 0.557. The number of rotatable bonds is 6. The predicted octanol–water partition coefficient (Wildman–Crippen LogP) is 2.37. The van der Waals surface area contributed by atoms with E-state index in [1.807, 2.05) is 6.92 Å². The molecule has 1 N–H and O–H groups in total. The Morgan fingerprint density at radius 3 is 2.19 bits per heavy atom. The molecule has 0 radical (unpaired) electrons. The summed E-state index contributed by atoms with van der Waals surface area (Å²) in [7, 11) is 4.14. The molecular formula is C13H30N2O. The second-order valence-corrected chi connectivity index (χ2v) is 5.87. The summed E-state index contributed by atoms with van der Waals surface area (Å²) in [5.41, 5.74) is 0.0858. The molecular weight excluding hydrogens is 200 g/mol. The lowest BCUT2D eigenvalue weighted by Crippen LogP contribution is -2.51. The van der Waals surface area contributed by atoms with Crippen LogP contribution in [0.5, 0.6) is 0 Å². The number of nitrogens with one attached hydrogen (secondary N) is 1. The van der Waals surface area contributed by atoms with Gasteiger partial charge in [-0.3, -0.25) is 4.79 Å². The van der Waals surface area contributed by atoms with Crippen LogP contribution in [-0.4, -0.2) is 37.5 Å². The van der Waals surface area contributed by atoms with Crippen molar-refractivity contribution in [3.8, 4) is 0 Å². The molecule has 0 aliphatic heterocycles. The second kappa shape index (κ2) is 6.24. The summed E-state index contributed by atoms with van der Waals surface area (Å²) in [4.78, 5) is 13.7. The summed E-state index contributed by atoms with van der Waals surface area (Å²) in [5.74, 6) is 0.594. The van der Waals surface area contributed by atoms with Crippen molar-refractivity contribution in [3.63, 3.8) is 0 Å². The van der Waals surface area contributed by atoms with E-state index < -0.39 is 0 Å². The van der Waals surface area contributed by atoms with Gasteiger partial charge in [-0.2, -0.15) is 0 Å². The van der Waals surface area contributed by atoms with E-state index >= 15 is 0 Å². The van der Waals surface area contributed by atoms with E-state index in [1.54, 1.807) is 0 Å². The van der Waals surface area contributed by atoms with Crippen LogP contribution in [0.4, 0.5) is 0 Å². The highest BCUT2D eigenvalue weighted by Crippen LogP contribution is 2.26. The molecule has 1 atom stereocenters. The van der Waals surface area contributed by atoms with Gasteiger partial charge in [-0.05, 0) is 25.4 Å². The van der Waals surface area contributed by atoms with Crippen LogP contribution >= 0.6 is 0 Å². The molecule has 0 rings (SSSR count). The monoisotopic (exact) mass is 230 g/mol. The quantitative estimate of drug-likeness (QED) is 0.760. The van der Waals surface area contributed by atoms with Gasteiger partial charge < -0.3 is 10.2 Å². The second-order valence-electron chi connectivity index (χ2n) is 5.87. The highest BCUT2D eigenvalue weighted by Gasteiger charge is 2.33. The van der Waals surface area contributed by atoms with Crippen molar-refractivity contribution in [2.45, 2.75) is 47.1 Å². The Labute approximate surface area is 102 Å². The van der Waals surface area contributed by atoms with Gasteiger partial charge >= 0.3 is 0 Å². The topological polar surface area (TPSA) is 32.3 Å². The largest absolute Gasteiger partial charge is 0.353 e. The minimum absolute atomic E-state index is 0. The van der Waals surface area contributed by atoms with Gasteiger partial charge in [-0.25, -0.2) is 0 Å². The summed E-state index contributed by atoms with van der Waals surface area (Å²) < 4.78 is 0. The van der Waals surface area contributed by atoms with E-state index in [2.05, 4.69) is 52.0 Å². The summed E-state index contributed by atoms with van der Waals surface area (Å²) in [6.45, 7) is 11.6.